The van der Waals surface area contributed by atoms with Crippen molar-refractivity contribution < 1.29 is 4.74 Å². The molecule has 0 aliphatic carbocycles. The Morgan fingerprint density at radius 2 is 1.90 bits per heavy atom. The highest BCUT2D eigenvalue weighted by atomic mass is 79.9. The Kier molecular flexibility index (Phi) is 4.41. The number of anilines is 3. The molecule has 1 aromatic carbocycles. The first-order valence-corrected chi connectivity index (χ1v) is 7.83. The number of benzene rings is 1. The van der Waals surface area contributed by atoms with Crippen LogP contribution >= 0.6 is 15.9 Å². The Labute approximate surface area is 133 Å². The minimum atomic E-state index is 0.806. The molecule has 0 atom stereocenters. The third-order valence-electron chi connectivity index (χ3n) is 3.48. The highest BCUT2D eigenvalue weighted by Gasteiger charge is 2.11. The molecule has 2 heterocycles. The van der Waals surface area contributed by atoms with Gasteiger partial charge < -0.3 is 15.0 Å². The number of nitrogens with one attached hydrogen (secondary N) is 1. The van der Waals surface area contributed by atoms with Gasteiger partial charge in [0.2, 0.25) is 0 Å². The van der Waals surface area contributed by atoms with Crippen molar-refractivity contribution in [3.63, 3.8) is 0 Å². The van der Waals surface area contributed by atoms with Gasteiger partial charge in [-0.05, 0) is 58.7 Å². The second-order valence-corrected chi connectivity index (χ2v) is 5.97. The molecule has 1 fully saturated rings. The lowest BCUT2D eigenvalue weighted by molar-refractivity contribution is 0.122. The minimum absolute atomic E-state index is 0.806. The average Bonchev–Trinajstić information content (AvgIpc) is 2.52. The summed E-state index contributed by atoms with van der Waals surface area (Å²) in [6.45, 7) is 5.55. The zero-order valence-electron chi connectivity index (χ0n) is 12.0. The number of aryl methyl sites for hydroxylation is 1. The molecule has 0 bridgehead atoms. The van der Waals surface area contributed by atoms with Gasteiger partial charge in [0.15, 0.2) is 0 Å². The van der Waals surface area contributed by atoms with Crippen molar-refractivity contribution in [3.8, 4) is 0 Å². The molecule has 0 radical (unpaired) electrons. The third kappa shape index (κ3) is 3.54. The van der Waals surface area contributed by atoms with Crippen LogP contribution in [-0.4, -0.2) is 31.3 Å². The molecule has 1 saturated heterocycles. The van der Waals surface area contributed by atoms with E-state index in [0.717, 1.165) is 47.8 Å². The molecule has 2 aromatic rings. The summed E-state index contributed by atoms with van der Waals surface area (Å²) >= 11 is 3.53. The highest BCUT2D eigenvalue weighted by Crippen LogP contribution is 2.26. The molecule has 0 amide bonds. The van der Waals surface area contributed by atoms with Gasteiger partial charge in [-0.3, -0.25) is 0 Å². The van der Waals surface area contributed by atoms with Crippen LogP contribution in [0.25, 0.3) is 0 Å². The summed E-state index contributed by atoms with van der Waals surface area (Å²) in [5, 5.41) is 3.33. The van der Waals surface area contributed by atoms with Gasteiger partial charge >= 0.3 is 0 Å². The van der Waals surface area contributed by atoms with Crippen LogP contribution in [0.15, 0.2) is 41.0 Å². The number of morpholine rings is 1. The largest absolute Gasteiger partial charge is 0.378 e. The predicted molar refractivity (Wildman–Crippen MR) is 89.4 cm³/mol. The summed E-state index contributed by atoms with van der Waals surface area (Å²) in [6, 6.07) is 10.5. The maximum absolute atomic E-state index is 5.38. The maximum Gasteiger partial charge on any atom is 0.144 e. The van der Waals surface area contributed by atoms with E-state index in [4.69, 9.17) is 4.74 Å². The number of aromatic nitrogens is 1. The normalized spacial score (nSPS) is 15.0. The van der Waals surface area contributed by atoms with E-state index < -0.39 is 0 Å². The topological polar surface area (TPSA) is 37.4 Å². The number of pyridine rings is 1. The van der Waals surface area contributed by atoms with Gasteiger partial charge in [0.1, 0.15) is 5.82 Å². The van der Waals surface area contributed by atoms with E-state index in [1.807, 2.05) is 13.1 Å². The molecule has 1 N–H and O–H groups in total. The smallest absolute Gasteiger partial charge is 0.144 e. The van der Waals surface area contributed by atoms with Crippen LogP contribution in [0.1, 0.15) is 5.56 Å². The number of hydrogen-bond donors (Lipinski definition) is 1. The summed E-state index contributed by atoms with van der Waals surface area (Å²) in [4.78, 5) is 6.74. The molecule has 1 aliphatic rings. The summed E-state index contributed by atoms with van der Waals surface area (Å²) in [6.07, 6.45) is 1.86. The molecule has 110 valence electrons. The zero-order chi connectivity index (χ0) is 14.7. The predicted octanol–water partition coefficient (Wildman–Crippen LogP) is 3.73. The first-order valence-electron chi connectivity index (χ1n) is 7.04. The van der Waals surface area contributed by atoms with Crippen LogP contribution < -0.4 is 10.2 Å². The fraction of sp³-hybridized carbons (Fsp3) is 0.312. The van der Waals surface area contributed by atoms with Crippen LogP contribution in [-0.2, 0) is 4.74 Å². The second kappa shape index (κ2) is 6.45. The molecule has 0 unspecified atom stereocenters. The van der Waals surface area contributed by atoms with Crippen LogP contribution in [0.2, 0.25) is 0 Å². The van der Waals surface area contributed by atoms with Gasteiger partial charge in [0.25, 0.3) is 0 Å². The van der Waals surface area contributed by atoms with Crippen molar-refractivity contribution in [1.82, 2.24) is 4.98 Å². The molecule has 1 aliphatic heterocycles. The van der Waals surface area contributed by atoms with E-state index in [0.29, 0.717) is 0 Å². The molecule has 5 heteroatoms. The summed E-state index contributed by atoms with van der Waals surface area (Å²) in [5.74, 6) is 0.833. The molecular weight excluding hydrogens is 330 g/mol. The number of halogens is 1. The average molecular weight is 348 g/mol. The monoisotopic (exact) mass is 347 g/mol. The van der Waals surface area contributed by atoms with E-state index in [1.54, 1.807) is 0 Å². The lowest BCUT2D eigenvalue weighted by Crippen LogP contribution is -2.36. The fourth-order valence-corrected chi connectivity index (χ4v) is 2.90. The van der Waals surface area contributed by atoms with Crippen LogP contribution in [0.4, 0.5) is 17.2 Å². The Balaban J connectivity index is 1.71. The number of rotatable bonds is 3. The quantitative estimate of drug-likeness (QED) is 0.917. The number of ether oxygens (including phenoxy) is 1. The van der Waals surface area contributed by atoms with E-state index in [9.17, 15) is 0 Å². The third-order valence-corrected chi connectivity index (χ3v) is 4.09. The van der Waals surface area contributed by atoms with E-state index in [1.165, 1.54) is 5.69 Å². The van der Waals surface area contributed by atoms with Gasteiger partial charge in [0.05, 0.1) is 17.7 Å². The van der Waals surface area contributed by atoms with Crippen molar-refractivity contribution in [2.45, 2.75) is 6.92 Å². The van der Waals surface area contributed by atoms with Crippen LogP contribution in [0, 0.1) is 6.92 Å². The van der Waals surface area contributed by atoms with Crippen molar-refractivity contribution in [3.05, 3.63) is 46.6 Å². The highest BCUT2D eigenvalue weighted by molar-refractivity contribution is 9.10. The van der Waals surface area contributed by atoms with Crippen molar-refractivity contribution in [1.29, 1.82) is 0 Å². The Morgan fingerprint density at radius 1 is 1.19 bits per heavy atom. The first-order chi connectivity index (χ1) is 10.2. The van der Waals surface area contributed by atoms with E-state index >= 15 is 0 Å². The minimum Gasteiger partial charge on any atom is -0.378 e. The summed E-state index contributed by atoms with van der Waals surface area (Å²) in [5.41, 5.74) is 3.40. The molecule has 0 spiro atoms. The van der Waals surface area contributed by atoms with Gasteiger partial charge in [0, 0.05) is 30.7 Å². The zero-order valence-corrected chi connectivity index (χ0v) is 13.6. The van der Waals surface area contributed by atoms with Crippen molar-refractivity contribution in [2.75, 3.05) is 36.5 Å². The standard InChI is InChI=1S/C16H18BrN3O/c1-12-10-15(17)16(18-11-12)19-13-2-4-14(5-3-13)20-6-8-21-9-7-20/h2-5,10-11H,6-9H2,1H3,(H,18,19). The van der Waals surface area contributed by atoms with Gasteiger partial charge in [-0.2, -0.15) is 0 Å². The van der Waals surface area contributed by atoms with Gasteiger partial charge in [-0.15, -0.1) is 0 Å². The molecule has 21 heavy (non-hydrogen) atoms. The van der Waals surface area contributed by atoms with E-state index in [-0.39, 0.29) is 0 Å². The molecule has 4 nitrogen and oxygen atoms in total. The number of nitrogens with zero attached hydrogens (tertiary/aromatic N) is 2. The van der Waals surface area contributed by atoms with Crippen LogP contribution in [0.5, 0.6) is 0 Å². The van der Waals surface area contributed by atoms with Gasteiger partial charge in [-0.25, -0.2) is 4.98 Å². The SMILES string of the molecule is Cc1cnc(Nc2ccc(N3CCOCC3)cc2)c(Br)c1. The van der Waals surface area contributed by atoms with Crippen molar-refractivity contribution >= 4 is 33.1 Å². The summed E-state index contributed by atoms with van der Waals surface area (Å²) < 4.78 is 6.35. The lowest BCUT2D eigenvalue weighted by Gasteiger charge is -2.28. The summed E-state index contributed by atoms with van der Waals surface area (Å²) in [7, 11) is 0. The second-order valence-electron chi connectivity index (χ2n) is 5.11. The molecular formula is C16H18BrN3O. The first kappa shape index (κ1) is 14.4. The molecule has 3 rings (SSSR count). The molecule has 1 aromatic heterocycles. The van der Waals surface area contributed by atoms with E-state index in [2.05, 4.69) is 61.5 Å². The maximum atomic E-state index is 5.38. The lowest BCUT2D eigenvalue weighted by atomic mass is 10.2. The van der Waals surface area contributed by atoms with Crippen molar-refractivity contribution in [2.24, 2.45) is 0 Å². The Morgan fingerprint density at radius 3 is 2.57 bits per heavy atom. The number of hydrogen-bond acceptors (Lipinski definition) is 4. The Hall–Kier alpha value is -1.59. The molecule has 0 saturated carbocycles. The van der Waals surface area contributed by atoms with Crippen LogP contribution in [0.3, 0.4) is 0 Å². The fourth-order valence-electron chi connectivity index (χ4n) is 2.34. The Bertz CT molecular complexity index is 609. The van der Waals surface area contributed by atoms with Gasteiger partial charge in [-0.1, -0.05) is 0 Å².